The molecule has 0 bridgehead atoms. The van der Waals surface area contributed by atoms with Crippen LogP contribution in [0.2, 0.25) is 0 Å². The highest BCUT2D eigenvalue weighted by molar-refractivity contribution is 5.88. The van der Waals surface area contributed by atoms with Crippen molar-refractivity contribution in [2.75, 3.05) is 27.4 Å². The van der Waals surface area contributed by atoms with Crippen LogP contribution in [-0.4, -0.2) is 56.2 Å². The first-order valence-electron chi connectivity index (χ1n) is 11.3. The Bertz CT molecular complexity index is 886. The van der Waals surface area contributed by atoms with Gasteiger partial charge in [0.05, 0.1) is 26.7 Å². The van der Waals surface area contributed by atoms with Gasteiger partial charge in [0.2, 0.25) is 11.8 Å². The van der Waals surface area contributed by atoms with Gasteiger partial charge < -0.3 is 24.4 Å². The van der Waals surface area contributed by atoms with Crippen LogP contribution in [0, 0.1) is 0 Å². The molecule has 0 aliphatic carbocycles. The Hall–Kier alpha value is -3.06. The number of methoxy groups -OCH3 is 2. The molecule has 2 aromatic carbocycles. The number of ether oxygens (including phenoxy) is 3. The molecular weight excluding hydrogens is 420 g/mol. The summed E-state index contributed by atoms with van der Waals surface area (Å²) in [6, 6.07) is 14.4. The number of nitrogens with one attached hydrogen (secondary N) is 1. The molecule has 180 valence electrons. The monoisotopic (exact) mass is 456 g/mol. The van der Waals surface area contributed by atoms with E-state index in [-0.39, 0.29) is 24.3 Å². The lowest BCUT2D eigenvalue weighted by Crippen LogP contribution is -2.48. The lowest BCUT2D eigenvalue weighted by atomic mass is 10.1. The molecular formula is C26H36N2O5. The largest absolute Gasteiger partial charge is 0.493 e. The molecule has 1 unspecified atom stereocenters. The molecule has 0 aromatic heterocycles. The molecule has 0 saturated heterocycles. The first kappa shape index (κ1) is 26.2. The van der Waals surface area contributed by atoms with Crippen molar-refractivity contribution in [2.45, 2.75) is 52.3 Å². The third kappa shape index (κ3) is 8.42. The topological polar surface area (TPSA) is 77.1 Å². The summed E-state index contributed by atoms with van der Waals surface area (Å²) in [5, 5.41) is 2.93. The maximum absolute atomic E-state index is 13.3. The number of carbonyl (C=O) groups excluding carboxylic acids is 2. The molecule has 0 aliphatic rings. The third-order valence-electron chi connectivity index (χ3n) is 5.24. The molecule has 0 saturated carbocycles. The zero-order valence-electron chi connectivity index (χ0n) is 20.3. The lowest BCUT2D eigenvalue weighted by Gasteiger charge is -2.29. The Morgan fingerprint density at radius 2 is 1.64 bits per heavy atom. The van der Waals surface area contributed by atoms with Crippen molar-refractivity contribution in [3.8, 4) is 11.5 Å². The summed E-state index contributed by atoms with van der Waals surface area (Å²) in [7, 11) is 3.13. The minimum atomic E-state index is -0.621. The molecule has 1 N–H and O–H groups in total. The standard InChI is InChI=1S/C26H36N2O5/c1-19(2)33-15-9-14-27-26(30)20(3)28(18-21-10-7-6-8-11-21)25(29)17-22-12-13-23(31-4)24(16-22)32-5/h6-8,10-13,16,19-20H,9,14-15,17-18H2,1-5H3,(H,27,30). The first-order valence-corrected chi connectivity index (χ1v) is 11.3. The van der Waals surface area contributed by atoms with Gasteiger partial charge in [0.1, 0.15) is 6.04 Å². The van der Waals surface area contributed by atoms with E-state index in [0.717, 1.165) is 17.5 Å². The number of rotatable bonds is 13. The highest BCUT2D eigenvalue weighted by Crippen LogP contribution is 2.28. The molecule has 7 nitrogen and oxygen atoms in total. The molecule has 0 radical (unpaired) electrons. The number of hydrogen-bond acceptors (Lipinski definition) is 5. The van der Waals surface area contributed by atoms with Gasteiger partial charge in [-0.2, -0.15) is 0 Å². The number of hydrogen-bond donors (Lipinski definition) is 1. The van der Waals surface area contributed by atoms with Crippen LogP contribution in [0.5, 0.6) is 11.5 Å². The Kier molecular flexibility index (Phi) is 10.7. The molecule has 2 amide bonds. The summed E-state index contributed by atoms with van der Waals surface area (Å²) in [4.78, 5) is 27.8. The van der Waals surface area contributed by atoms with Crippen LogP contribution in [0.4, 0.5) is 0 Å². The van der Waals surface area contributed by atoms with Crippen LogP contribution in [0.25, 0.3) is 0 Å². The fourth-order valence-corrected chi connectivity index (χ4v) is 3.38. The van der Waals surface area contributed by atoms with E-state index >= 15 is 0 Å². The van der Waals surface area contributed by atoms with E-state index in [1.54, 1.807) is 38.2 Å². The SMILES string of the molecule is COc1ccc(CC(=O)N(Cc2ccccc2)C(C)C(=O)NCCCOC(C)C)cc1OC. The van der Waals surface area contributed by atoms with E-state index in [9.17, 15) is 9.59 Å². The van der Waals surface area contributed by atoms with E-state index < -0.39 is 6.04 Å². The van der Waals surface area contributed by atoms with Gasteiger partial charge in [0.25, 0.3) is 0 Å². The molecule has 1 atom stereocenters. The van der Waals surface area contributed by atoms with Crippen LogP contribution in [0.15, 0.2) is 48.5 Å². The van der Waals surface area contributed by atoms with Gasteiger partial charge in [0, 0.05) is 19.7 Å². The lowest BCUT2D eigenvalue weighted by molar-refractivity contribution is -0.140. The molecule has 2 aromatic rings. The fourth-order valence-electron chi connectivity index (χ4n) is 3.38. The average molecular weight is 457 g/mol. The second kappa shape index (κ2) is 13.5. The van der Waals surface area contributed by atoms with Crippen LogP contribution in [0.3, 0.4) is 0 Å². The molecule has 0 heterocycles. The fraction of sp³-hybridized carbons (Fsp3) is 0.462. The van der Waals surface area contributed by atoms with Crippen LogP contribution in [-0.2, 0) is 27.3 Å². The Labute approximate surface area is 197 Å². The van der Waals surface area contributed by atoms with Gasteiger partial charge in [-0.25, -0.2) is 0 Å². The number of nitrogens with zero attached hydrogens (tertiary/aromatic N) is 1. The number of carbonyl (C=O) groups is 2. The van der Waals surface area contributed by atoms with Crippen molar-refractivity contribution >= 4 is 11.8 Å². The van der Waals surface area contributed by atoms with Crippen LogP contribution >= 0.6 is 0 Å². The Balaban J connectivity index is 2.10. The van der Waals surface area contributed by atoms with Crippen LogP contribution in [0.1, 0.15) is 38.3 Å². The normalized spacial score (nSPS) is 11.7. The summed E-state index contributed by atoms with van der Waals surface area (Å²) < 4.78 is 16.1. The predicted octanol–water partition coefficient (Wildman–Crippen LogP) is 3.59. The zero-order chi connectivity index (χ0) is 24.2. The minimum Gasteiger partial charge on any atom is -0.493 e. The number of benzene rings is 2. The van der Waals surface area contributed by atoms with Gasteiger partial charge in [-0.1, -0.05) is 36.4 Å². The highest BCUT2D eigenvalue weighted by atomic mass is 16.5. The molecule has 0 fully saturated rings. The van der Waals surface area contributed by atoms with E-state index in [0.29, 0.717) is 31.2 Å². The third-order valence-corrected chi connectivity index (χ3v) is 5.24. The van der Waals surface area contributed by atoms with Gasteiger partial charge >= 0.3 is 0 Å². The molecule has 0 spiro atoms. The maximum atomic E-state index is 13.3. The Morgan fingerprint density at radius 3 is 2.27 bits per heavy atom. The van der Waals surface area contributed by atoms with E-state index in [1.807, 2.05) is 50.2 Å². The predicted molar refractivity (Wildman–Crippen MR) is 128 cm³/mol. The van der Waals surface area contributed by atoms with Gasteiger partial charge in [-0.05, 0) is 50.5 Å². The molecule has 33 heavy (non-hydrogen) atoms. The van der Waals surface area contributed by atoms with Crippen molar-refractivity contribution in [1.82, 2.24) is 10.2 Å². The van der Waals surface area contributed by atoms with Crippen LogP contribution < -0.4 is 14.8 Å². The minimum absolute atomic E-state index is 0.142. The summed E-state index contributed by atoms with van der Waals surface area (Å²) in [5.74, 6) is 0.837. The number of amides is 2. The van der Waals surface area contributed by atoms with Crippen molar-refractivity contribution in [1.29, 1.82) is 0 Å². The smallest absolute Gasteiger partial charge is 0.242 e. The quantitative estimate of drug-likeness (QED) is 0.466. The van der Waals surface area contributed by atoms with Crippen molar-refractivity contribution in [2.24, 2.45) is 0 Å². The second-order valence-electron chi connectivity index (χ2n) is 8.11. The van der Waals surface area contributed by atoms with Gasteiger partial charge in [-0.15, -0.1) is 0 Å². The zero-order valence-corrected chi connectivity index (χ0v) is 20.3. The van der Waals surface area contributed by atoms with E-state index in [2.05, 4.69) is 5.32 Å². The molecule has 0 aliphatic heterocycles. The van der Waals surface area contributed by atoms with E-state index in [1.165, 1.54) is 0 Å². The molecule has 2 rings (SSSR count). The first-order chi connectivity index (χ1) is 15.8. The second-order valence-corrected chi connectivity index (χ2v) is 8.11. The summed E-state index contributed by atoms with van der Waals surface area (Å²) in [5.41, 5.74) is 1.75. The van der Waals surface area contributed by atoms with Crippen molar-refractivity contribution < 1.29 is 23.8 Å². The summed E-state index contributed by atoms with van der Waals surface area (Å²) in [6.45, 7) is 7.14. The van der Waals surface area contributed by atoms with E-state index in [4.69, 9.17) is 14.2 Å². The van der Waals surface area contributed by atoms with Gasteiger partial charge in [-0.3, -0.25) is 9.59 Å². The Morgan fingerprint density at radius 1 is 0.939 bits per heavy atom. The highest BCUT2D eigenvalue weighted by Gasteiger charge is 2.26. The maximum Gasteiger partial charge on any atom is 0.242 e. The van der Waals surface area contributed by atoms with Gasteiger partial charge in [0.15, 0.2) is 11.5 Å². The van der Waals surface area contributed by atoms with Crippen molar-refractivity contribution in [3.05, 3.63) is 59.7 Å². The molecule has 7 heteroatoms. The van der Waals surface area contributed by atoms with Crippen molar-refractivity contribution in [3.63, 3.8) is 0 Å². The summed E-state index contributed by atoms with van der Waals surface area (Å²) >= 11 is 0. The average Bonchev–Trinajstić information content (AvgIpc) is 2.82. The summed E-state index contributed by atoms with van der Waals surface area (Å²) in [6.07, 6.45) is 1.03.